The van der Waals surface area contributed by atoms with Crippen LogP contribution in [0.5, 0.6) is 0 Å². The molecule has 8 nitrogen and oxygen atoms in total. The SMILES string of the molecule is CC(C)CO.CC(C)CO.CCOC(=O)/C=C(/C)O.CCOC(=O)/C=C(/C)O.[Ti]. The molecule has 0 saturated carbocycles. The second-order valence-electron chi connectivity index (χ2n) is 6.23. The van der Waals surface area contributed by atoms with E-state index in [1.54, 1.807) is 13.8 Å². The van der Waals surface area contributed by atoms with E-state index in [2.05, 4.69) is 9.47 Å². The first-order chi connectivity index (χ1) is 12.9. The maximum atomic E-state index is 10.4. The van der Waals surface area contributed by atoms with Gasteiger partial charge in [-0.25, -0.2) is 9.59 Å². The fourth-order valence-corrected chi connectivity index (χ4v) is 0.709. The zero-order valence-electron chi connectivity index (χ0n) is 19.1. The first-order valence-corrected chi connectivity index (χ1v) is 9.17. The van der Waals surface area contributed by atoms with E-state index in [1.807, 2.05) is 27.7 Å². The number of aliphatic hydroxyl groups is 4. The fraction of sp³-hybridized carbons (Fsp3) is 0.700. The van der Waals surface area contributed by atoms with Gasteiger partial charge in [0.2, 0.25) is 0 Å². The molecular weight excluding hydrogens is 416 g/mol. The second kappa shape index (κ2) is 28.9. The van der Waals surface area contributed by atoms with Gasteiger partial charge in [-0.05, 0) is 39.5 Å². The molecule has 0 aromatic carbocycles. The molecule has 0 spiro atoms. The summed E-state index contributed by atoms with van der Waals surface area (Å²) in [5.74, 6) is -0.193. The Bertz CT molecular complexity index is 384. The van der Waals surface area contributed by atoms with Gasteiger partial charge in [-0.2, -0.15) is 0 Å². The third-order valence-corrected chi connectivity index (χ3v) is 1.96. The molecule has 0 aliphatic rings. The van der Waals surface area contributed by atoms with Crippen molar-refractivity contribution in [1.82, 2.24) is 0 Å². The predicted octanol–water partition coefficient (Wildman–Crippen LogP) is 3.29. The minimum Gasteiger partial charge on any atom is -0.512 e. The van der Waals surface area contributed by atoms with Crippen molar-refractivity contribution in [2.75, 3.05) is 26.4 Å². The van der Waals surface area contributed by atoms with E-state index in [-0.39, 0.29) is 33.2 Å². The molecule has 4 N–H and O–H groups in total. The Kier molecular flexibility index (Phi) is 38.1. The van der Waals surface area contributed by atoms with E-state index in [4.69, 9.17) is 20.4 Å². The molecule has 0 aliphatic heterocycles. The van der Waals surface area contributed by atoms with Crippen LogP contribution in [0.15, 0.2) is 23.7 Å². The quantitative estimate of drug-likeness (QED) is 0.207. The van der Waals surface area contributed by atoms with Crippen LogP contribution in [-0.2, 0) is 40.8 Å². The molecular formula is C20H40O8Ti. The molecule has 0 aliphatic carbocycles. The predicted molar refractivity (Wildman–Crippen MR) is 110 cm³/mol. The van der Waals surface area contributed by atoms with Gasteiger partial charge in [0.1, 0.15) is 0 Å². The zero-order valence-corrected chi connectivity index (χ0v) is 20.6. The van der Waals surface area contributed by atoms with E-state index in [9.17, 15) is 9.59 Å². The topological polar surface area (TPSA) is 134 Å². The van der Waals surface area contributed by atoms with Crippen LogP contribution in [0.4, 0.5) is 0 Å². The van der Waals surface area contributed by atoms with Gasteiger partial charge in [-0.1, -0.05) is 27.7 Å². The third-order valence-electron chi connectivity index (χ3n) is 1.96. The molecule has 0 aromatic rings. The summed E-state index contributed by atoms with van der Waals surface area (Å²) < 4.78 is 8.95. The molecule has 9 heteroatoms. The average molecular weight is 456 g/mol. The molecule has 0 unspecified atom stereocenters. The number of esters is 2. The summed E-state index contributed by atoms with van der Waals surface area (Å²) in [5, 5.41) is 33.3. The summed E-state index contributed by atoms with van der Waals surface area (Å²) in [7, 11) is 0. The number of allylic oxidation sites excluding steroid dienone is 2. The van der Waals surface area contributed by atoms with Crippen molar-refractivity contribution in [2.45, 2.75) is 55.4 Å². The molecule has 172 valence electrons. The number of ether oxygens (including phenoxy) is 2. The van der Waals surface area contributed by atoms with Crippen molar-refractivity contribution in [1.29, 1.82) is 0 Å². The maximum Gasteiger partial charge on any atom is 0.334 e. The maximum absolute atomic E-state index is 10.4. The molecule has 0 atom stereocenters. The number of hydrogen-bond donors (Lipinski definition) is 4. The summed E-state index contributed by atoms with van der Waals surface area (Å²) in [5.41, 5.74) is 0. The van der Waals surface area contributed by atoms with Crippen LogP contribution in [0.3, 0.4) is 0 Å². The number of aliphatic hydroxyl groups excluding tert-OH is 4. The van der Waals surface area contributed by atoms with E-state index < -0.39 is 11.9 Å². The van der Waals surface area contributed by atoms with E-state index in [1.165, 1.54) is 13.8 Å². The van der Waals surface area contributed by atoms with Crippen LogP contribution in [0, 0.1) is 11.8 Å². The minimum atomic E-state index is -0.502. The van der Waals surface area contributed by atoms with Gasteiger partial charge in [0.25, 0.3) is 0 Å². The summed E-state index contributed by atoms with van der Waals surface area (Å²) >= 11 is 0. The molecule has 0 saturated heterocycles. The third kappa shape index (κ3) is 58.4. The van der Waals surface area contributed by atoms with Gasteiger partial charge in [-0.3, -0.25) is 0 Å². The normalized spacial score (nSPS) is 10.2. The molecule has 29 heavy (non-hydrogen) atoms. The first kappa shape index (κ1) is 38.3. The van der Waals surface area contributed by atoms with E-state index >= 15 is 0 Å². The summed E-state index contributed by atoms with van der Waals surface area (Å²) in [6.07, 6.45) is 2.06. The smallest absolute Gasteiger partial charge is 0.334 e. The Balaban J connectivity index is -0.0000000907. The van der Waals surface area contributed by atoms with Crippen LogP contribution in [0.1, 0.15) is 55.4 Å². The van der Waals surface area contributed by atoms with Crippen LogP contribution >= 0.6 is 0 Å². The molecule has 0 aromatic heterocycles. The van der Waals surface area contributed by atoms with Crippen LogP contribution in [0.25, 0.3) is 0 Å². The molecule has 0 fully saturated rings. The fourth-order valence-electron chi connectivity index (χ4n) is 0.709. The molecule has 0 amide bonds. The molecule has 0 radical (unpaired) electrons. The number of carbonyl (C=O) groups is 2. The average Bonchev–Trinajstić information content (AvgIpc) is 2.55. The van der Waals surface area contributed by atoms with E-state index in [0.717, 1.165) is 12.2 Å². The van der Waals surface area contributed by atoms with Crippen molar-refractivity contribution >= 4 is 11.9 Å². The Morgan fingerprint density at radius 2 is 0.966 bits per heavy atom. The van der Waals surface area contributed by atoms with Gasteiger partial charge in [0, 0.05) is 34.9 Å². The van der Waals surface area contributed by atoms with Crippen LogP contribution in [-0.4, -0.2) is 58.8 Å². The van der Waals surface area contributed by atoms with Gasteiger partial charge in [0.05, 0.1) is 36.9 Å². The van der Waals surface area contributed by atoms with Gasteiger partial charge < -0.3 is 29.9 Å². The number of hydrogen-bond acceptors (Lipinski definition) is 8. The van der Waals surface area contributed by atoms with Crippen LogP contribution < -0.4 is 0 Å². The Labute approximate surface area is 190 Å². The minimum absolute atomic E-state index is 0. The van der Waals surface area contributed by atoms with Gasteiger partial charge in [-0.15, -0.1) is 0 Å². The summed E-state index contributed by atoms with van der Waals surface area (Å²) in [6.45, 7) is 15.4. The first-order valence-electron chi connectivity index (χ1n) is 9.17. The van der Waals surface area contributed by atoms with Gasteiger partial charge in [0.15, 0.2) is 0 Å². The Morgan fingerprint density at radius 3 is 1.07 bits per heavy atom. The summed E-state index contributed by atoms with van der Waals surface area (Å²) in [6, 6.07) is 0. The van der Waals surface area contributed by atoms with Gasteiger partial charge >= 0.3 is 11.9 Å². The monoisotopic (exact) mass is 456 g/mol. The van der Waals surface area contributed by atoms with E-state index in [0.29, 0.717) is 38.3 Å². The zero-order chi connectivity index (χ0) is 23.1. The molecule has 0 bridgehead atoms. The van der Waals surface area contributed by atoms with Crippen LogP contribution in [0.2, 0.25) is 0 Å². The van der Waals surface area contributed by atoms with Crippen molar-refractivity contribution in [3.63, 3.8) is 0 Å². The second-order valence-corrected chi connectivity index (χ2v) is 6.23. The number of rotatable bonds is 6. The standard InChI is InChI=1S/2C6H10O3.2C4H10O.Ti/c2*1-3-9-6(8)4-5(2)7;2*1-4(2)3-5;/h2*4,7H,3H2,1-2H3;2*4-5H,3H2,1-2H3;/b2*5-4-;;;. The Hall–Kier alpha value is -1.35. The van der Waals surface area contributed by atoms with Crippen molar-refractivity contribution < 1.29 is 61.2 Å². The number of carbonyl (C=O) groups excluding carboxylic acids is 2. The largest absolute Gasteiger partial charge is 0.512 e. The van der Waals surface area contributed by atoms with Crippen molar-refractivity contribution in [3.8, 4) is 0 Å². The van der Waals surface area contributed by atoms with Crippen molar-refractivity contribution in [3.05, 3.63) is 23.7 Å². The molecule has 0 rings (SSSR count). The summed E-state index contributed by atoms with van der Waals surface area (Å²) in [4.78, 5) is 20.8. The molecule has 0 heterocycles. The van der Waals surface area contributed by atoms with Crippen molar-refractivity contribution in [2.24, 2.45) is 11.8 Å². The Morgan fingerprint density at radius 1 is 0.759 bits per heavy atom.